The second kappa shape index (κ2) is 8.89. The van der Waals surface area contributed by atoms with Crippen molar-refractivity contribution < 1.29 is 14.3 Å². The average Bonchev–Trinajstić information content (AvgIpc) is 2.72. The number of nitrogens with two attached hydrogens (primary N) is 2. The molecule has 0 radical (unpaired) electrons. The highest BCUT2D eigenvalue weighted by molar-refractivity contribution is 5.79. The summed E-state index contributed by atoms with van der Waals surface area (Å²) >= 11 is 0. The molecule has 0 saturated carbocycles. The summed E-state index contributed by atoms with van der Waals surface area (Å²) in [5.41, 5.74) is 15.1. The van der Waals surface area contributed by atoms with Gasteiger partial charge in [0.05, 0.1) is 5.69 Å². The molecule has 0 saturated heterocycles. The van der Waals surface area contributed by atoms with E-state index < -0.39 is 17.6 Å². The van der Waals surface area contributed by atoms with Gasteiger partial charge >= 0.3 is 5.97 Å². The molecule has 31 heavy (non-hydrogen) atoms. The lowest BCUT2D eigenvalue weighted by molar-refractivity contribution is -0.158. The molecule has 0 amide bonds. The number of carbonyl (C=O) groups is 1. The van der Waals surface area contributed by atoms with E-state index >= 15 is 0 Å². The summed E-state index contributed by atoms with van der Waals surface area (Å²) in [6, 6.07) is 12.8. The van der Waals surface area contributed by atoms with Crippen molar-refractivity contribution in [2.45, 2.75) is 45.3 Å². The molecule has 0 bridgehead atoms. The summed E-state index contributed by atoms with van der Waals surface area (Å²) in [6.45, 7) is 5.59. The van der Waals surface area contributed by atoms with Gasteiger partial charge < -0.3 is 31.2 Å². The minimum absolute atomic E-state index is 0.431. The number of hydrogen-bond acceptors (Lipinski definition) is 7. The minimum Gasteiger partial charge on any atom is -0.458 e. The summed E-state index contributed by atoms with van der Waals surface area (Å²) in [5.74, 6) is 1.20. The third-order valence-corrected chi connectivity index (χ3v) is 5.37. The van der Waals surface area contributed by atoms with Gasteiger partial charge in [0.15, 0.2) is 5.75 Å². The highest BCUT2D eigenvalue weighted by Crippen LogP contribution is 2.34. The first-order valence-corrected chi connectivity index (χ1v) is 10.4. The van der Waals surface area contributed by atoms with E-state index in [1.807, 2.05) is 27.9 Å². The number of benzene rings is 2. The Labute approximate surface area is 184 Å². The number of anilines is 2. The Morgan fingerprint density at radius 3 is 2.52 bits per heavy atom. The van der Waals surface area contributed by atoms with Crippen LogP contribution in [0.4, 0.5) is 11.4 Å². The summed E-state index contributed by atoms with van der Waals surface area (Å²) in [5, 5.41) is 3.06. The van der Waals surface area contributed by atoms with E-state index in [1.165, 1.54) is 5.56 Å². The molecule has 0 fully saturated rings. The maximum atomic E-state index is 12.7. The number of fused-ring (bicyclic) bond motifs is 1. The molecular weight excluding hydrogens is 392 g/mol. The Bertz CT molecular complexity index is 981. The second-order valence-electron chi connectivity index (χ2n) is 8.67. The first kappa shape index (κ1) is 22.5. The zero-order chi connectivity index (χ0) is 22.8. The molecule has 5 N–H and O–H groups in total. The van der Waals surface area contributed by atoms with Crippen LogP contribution >= 0.6 is 0 Å². The van der Waals surface area contributed by atoms with Gasteiger partial charge in [-0.05, 0) is 69.0 Å². The third kappa shape index (κ3) is 5.49. The van der Waals surface area contributed by atoms with Crippen LogP contribution < -0.4 is 26.4 Å². The summed E-state index contributed by atoms with van der Waals surface area (Å²) < 4.78 is 11.4. The van der Waals surface area contributed by atoms with E-state index in [0.29, 0.717) is 35.0 Å². The molecular formula is C24H32N4O3. The highest BCUT2D eigenvalue weighted by atomic mass is 16.6. The van der Waals surface area contributed by atoms with E-state index in [9.17, 15) is 4.79 Å². The molecule has 0 aromatic heterocycles. The number of nitrogens with zero attached hydrogens (tertiary/aromatic N) is 1. The molecule has 1 aliphatic rings. The van der Waals surface area contributed by atoms with Crippen molar-refractivity contribution in [3.8, 4) is 5.75 Å². The van der Waals surface area contributed by atoms with Crippen LogP contribution in [0, 0.1) is 0 Å². The number of ether oxygens (including phenoxy) is 2. The van der Waals surface area contributed by atoms with Crippen molar-refractivity contribution in [3.63, 3.8) is 0 Å². The van der Waals surface area contributed by atoms with Crippen molar-refractivity contribution in [1.82, 2.24) is 0 Å². The predicted molar refractivity (Wildman–Crippen MR) is 124 cm³/mol. The van der Waals surface area contributed by atoms with E-state index in [2.05, 4.69) is 34.5 Å². The number of hydrogen-bond donors (Lipinski definition) is 3. The maximum Gasteiger partial charge on any atom is 0.328 e. The number of rotatable bonds is 7. The van der Waals surface area contributed by atoms with Gasteiger partial charge in [0.25, 0.3) is 0 Å². The van der Waals surface area contributed by atoms with Crippen molar-refractivity contribution in [2.75, 3.05) is 24.3 Å². The summed E-state index contributed by atoms with van der Waals surface area (Å²) in [7, 11) is 4.03. The van der Waals surface area contributed by atoms with Gasteiger partial charge in [0, 0.05) is 19.8 Å². The van der Waals surface area contributed by atoms with Crippen LogP contribution in [-0.2, 0) is 16.0 Å². The van der Waals surface area contributed by atoms with Gasteiger partial charge in [0.2, 0.25) is 0 Å². The molecule has 1 aliphatic heterocycles. The van der Waals surface area contributed by atoms with Crippen LogP contribution in [0.1, 0.15) is 44.4 Å². The fourth-order valence-electron chi connectivity index (χ4n) is 3.31. The molecule has 1 atom stereocenters. The lowest BCUT2D eigenvalue weighted by atomic mass is 9.98. The summed E-state index contributed by atoms with van der Waals surface area (Å²) in [6.07, 6.45) is 1.49. The second-order valence-corrected chi connectivity index (χ2v) is 8.67. The van der Waals surface area contributed by atoms with Crippen LogP contribution in [0.15, 0.2) is 54.0 Å². The van der Waals surface area contributed by atoms with Gasteiger partial charge in [-0.25, -0.2) is 4.79 Å². The molecule has 0 aliphatic carbocycles. The quantitative estimate of drug-likeness (QED) is 0.583. The van der Waals surface area contributed by atoms with Crippen LogP contribution in [0.3, 0.4) is 0 Å². The number of allylic oxidation sites excluding steroid dienone is 1. The topological polar surface area (TPSA) is 103 Å². The van der Waals surface area contributed by atoms with Crippen LogP contribution in [0.2, 0.25) is 0 Å². The fourth-order valence-corrected chi connectivity index (χ4v) is 3.31. The monoisotopic (exact) mass is 424 g/mol. The molecule has 166 valence electrons. The van der Waals surface area contributed by atoms with Gasteiger partial charge in [-0.1, -0.05) is 18.2 Å². The molecule has 7 heteroatoms. The van der Waals surface area contributed by atoms with Crippen LogP contribution in [0.5, 0.6) is 5.75 Å². The highest BCUT2D eigenvalue weighted by Gasteiger charge is 2.28. The average molecular weight is 425 g/mol. The Hall–Kier alpha value is -3.19. The molecule has 3 rings (SSSR count). The van der Waals surface area contributed by atoms with Gasteiger partial charge in [-0.2, -0.15) is 0 Å². The Morgan fingerprint density at radius 1 is 1.19 bits per heavy atom. The number of esters is 1. The first-order valence-electron chi connectivity index (χ1n) is 10.4. The van der Waals surface area contributed by atoms with Crippen molar-refractivity contribution in [3.05, 3.63) is 65.2 Å². The fraction of sp³-hybridized carbons (Fsp3) is 0.375. The van der Waals surface area contributed by atoms with Crippen molar-refractivity contribution in [1.29, 1.82) is 0 Å². The molecule has 1 heterocycles. The third-order valence-electron chi connectivity index (χ3n) is 5.37. The smallest absolute Gasteiger partial charge is 0.328 e. The van der Waals surface area contributed by atoms with E-state index in [1.54, 1.807) is 25.1 Å². The number of nitrogens with one attached hydrogen (secondary N) is 1. The van der Waals surface area contributed by atoms with Crippen molar-refractivity contribution in [2.24, 2.45) is 11.5 Å². The van der Waals surface area contributed by atoms with Gasteiger partial charge in [0.1, 0.15) is 23.2 Å². The zero-order valence-electron chi connectivity index (χ0n) is 18.9. The SMILES string of the molecule is CC1=C(N)Nc2cc(C(N)C(=O)OC(C)(C)CCc3ccc(N(C)C)cc3)ccc2O1. The van der Waals surface area contributed by atoms with E-state index in [4.69, 9.17) is 20.9 Å². The number of aryl methyl sites for hydroxylation is 1. The molecule has 0 spiro atoms. The molecule has 2 aromatic rings. The van der Waals surface area contributed by atoms with Gasteiger partial charge in [-0.15, -0.1) is 0 Å². The zero-order valence-corrected chi connectivity index (χ0v) is 18.9. The standard InChI is InChI=1S/C24H32N4O3/c1-15-22(26)27-19-14-17(8-11-20(19)30-15)21(25)23(29)31-24(2,3)13-12-16-6-9-18(10-7-16)28(4)5/h6-11,14,21,27H,12-13,25-26H2,1-5H3. The molecule has 1 unspecified atom stereocenters. The van der Waals surface area contributed by atoms with Crippen LogP contribution in [-0.4, -0.2) is 25.7 Å². The Kier molecular flexibility index (Phi) is 6.45. The van der Waals surface area contributed by atoms with Crippen LogP contribution in [0.25, 0.3) is 0 Å². The predicted octanol–water partition coefficient (Wildman–Crippen LogP) is 3.66. The first-order chi connectivity index (χ1) is 14.6. The molecule has 7 nitrogen and oxygen atoms in total. The normalized spacial score (nSPS) is 14.3. The molecule has 2 aromatic carbocycles. The Morgan fingerprint density at radius 2 is 1.87 bits per heavy atom. The largest absolute Gasteiger partial charge is 0.458 e. The van der Waals surface area contributed by atoms with E-state index in [0.717, 1.165) is 12.1 Å². The van der Waals surface area contributed by atoms with E-state index in [-0.39, 0.29) is 0 Å². The maximum absolute atomic E-state index is 12.7. The Balaban J connectivity index is 1.60. The minimum atomic E-state index is -0.904. The number of carbonyl (C=O) groups excluding carboxylic acids is 1. The lowest BCUT2D eigenvalue weighted by Crippen LogP contribution is -2.34. The van der Waals surface area contributed by atoms with Gasteiger partial charge in [-0.3, -0.25) is 0 Å². The summed E-state index contributed by atoms with van der Waals surface area (Å²) in [4.78, 5) is 14.8. The lowest BCUT2D eigenvalue weighted by Gasteiger charge is -2.27. The van der Waals surface area contributed by atoms with Crippen molar-refractivity contribution >= 4 is 17.3 Å².